The SMILES string of the molecule is CCCCCCCCCCCCCCCCCCCCCCC(=O)O[C@H](COC(=O)CCCCCCCCCCCCCCCCCC)COP(=O)(O)OC[C@@H](O)COP(=O)(O)OC[C@@H](COC(=O)CCCCCCCCC)OC(=O)CCCCCCCCCCC(C)CC. The van der Waals surface area contributed by atoms with Gasteiger partial charge in [-0.05, 0) is 31.6 Å². The van der Waals surface area contributed by atoms with Gasteiger partial charge in [0.1, 0.15) is 19.3 Å². The van der Waals surface area contributed by atoms with Gasteiger partial charge in [0.05, 0.1) is 26.4 Å². The van der Waals surface area contributed by atoms with E-state index in [9.17, 15) is 43.2 Å². The maximum atomic E-state index is 13.1. The molecule has 0 aliphatic heterocycles. The fraction of sp³-hybridized carbons (Fsp3) is 0.947. The van der Waals surface area contributed by atoms with E-state index in [2.05, 4.69) is 34.6 Å². The Morgan fingerprint density at radius 3 is 0.747 bits per heavy atom. The first-order valence-corrected chi connectivity index (χ1v) is 42.7. The van der Waals surface area contributed by atoms with Gasteiger partial charge < -0.3 is 33.8 Å². The first kappa shape index (κ1) is 93.1. The Morgan fingerprint density at radius 1 is 0.295 bits per heavy atom. The van der Waals surface area contributed by atoms with Crippen molar-refractivity contribution in [1.29, 1.82) is 0 Å². The van der Waals surface area contributed by atoms with Gasteiger partial charge >= 0.3 is 39.5 Å². The topological polar surface area (TPSA) is 237 Å². The van der Waals surface area contributed by atoms with Crippen molar-refractivity contribution in [2.75, 3.05) is 39.6 Å². The molecule has 17 nitrogen and oxygen atoms in total. The number of rotatable bonds is 76. The number of carbonyl (C=O) groups excluding carboxylic acids is 4. The molecule has 0 aromatic rings. The van der Waals surface area contributed by atoms with Crippen LogP contribution in [0, 0.1) is 5.92 Å². The lowest BCUT2D eigenvalue weighted by atomic mass is 9.99. The Hall–Kier alpha value is -1.94. The molecule has 0 saturated heterocycles. The van der Waals surface area contributed by atoms with Crippen LogP contribution in [0.25, 0.3) is 0 Å². The van der Waals surface area contributed by atoms with E-state index in [1.807, 2.05) is 0 Å². The van der Waals surface area contributed by atoms with Crippen LogP contribution in [0.4, 0.5) is 0 Å². The van der Waals surface area contributed by atoms with Gasteiger partial charge in [-0.1, -0.05) is 349 Å². The van der Waals surface area contributed by atoms with Gasteiger partial charge in [-0.25, -0.2) is 9.13 Å². The maximum Gasteiger partial charge on any atom is 0.472 e. The summed E-state index contributed by atoms with van der Waals surface area (Å²) in [5.41, 5.74) is 0. The average molecular weight is 1400 g/mol. The number of carbonyl (C=O) groups is 4. The van der Waals surface area contributed by atoms with Crippen LogP contribution in [0.15, 0.2) is 0 Å². The van der Waals surface area contributed by atoms with E-state index in [0.29, 0.717) is 25.7 Å². The molecule has 0 spiro atoms. The molecule has 95 heavy (non-hydrogen) atoms. The van der Waals surface area contributed by atoms with Crippen molar-refractivity contribution in [3.05, 3.63) is 0 Å². The smallest absolute Gasteiger partial charge is 0.462 e. The van der Waals surface area contributed by atoms with E-state index in [1.54, 1.807) is 0 Å². The average Bonchev–Trinajstić information content (AvgIpc) is 1.41. The molecule has 0 rings (SSSR count). The van der Waals surface area contributed by atoms with Crippen LogP contribution in [0.3, 0.4) is 0 Å². The number of aliphatic hydroxyl groups is 1. The summed E-state index contributed by atoms with van der Waals surface area (Å²) in [5, 5.41) is 10.6. The number of phosphoric ester groups is 2. The van der Waals surface area contributed by atoms with Gasteiger partial charge in [0.25, 0.3) is 0 Å². The zero-order valence-corrected chi connectivity index (χ0v) is 63.6. The Morgan fingerprint density at radius 2 is 0.505 bits per heavy atom. The first-order chi connectivity index (χ1) is 46.1. The third kappa shape index (κ3) is 69.0. The number of ether oxygens (including phenoxy) is 4. The Kier molecular flexibility index (Phi) is 67.7. The fourth-order valence-electron chi connectivity index (χ4n) is 11.7. The second kappa shape index (κ2) is 69.2. The van der Waals surface area contributed by atoms with Crippen LogP contribution in [0.5, 0.6) is 0 Å². The predicted octanol–water partition coefficient (Wildman–Crippen LogP) is 22.5. The maximum absolute atomic E-state index is 13.1. The number of phosphoric acid groups is 2. The summed E-state index contributed by atoms with van der Waals surface area (Å²) in [6, 6.07) is 0. The molecule has 0 radical (unpaired) electrons. The van der Waals surface area contributed by atoms with Crippen molar-refractivity contribution in [3.8, 4) is 0 Å². The van der Waals surface area contributed by atoms with Gasteiger partial charge in [0.2, 0.25) is 0 Å². The predicted molar refractivity (Wildman–Crippen MR) is 386 cm³/mol. The van der Waals surface area contributed by atoms with E-state index in [-0.39, 0.29) is 25.7 Å². The van der Waals surface area contributed by atoms with Crippen LogP contribution < -0.4 is 0 Å². The van der Waals surface area contributed by atoms with Gasteiger partial charge in [-0.3, -0.25) is 37.3 Å². The summed E-state index contributed by atoms with van der Waals surface area (Å²) in [5.74, 6) is -1.35. The lowest BCUT2D eigenvalue weighted by molar-refractivity contribution is -0.161. The molecule has 0 fully saturated rings. The Bertz CT molecular complexity index is 1820. The van der Waals surface area contributed by atoms with E-state index in [0.717, 1.165) is 109 Å². The zero-order valence-electron chi connectivity index (χ0n) is 61.8. The van der Waals surface area contributed by atoms with Crippen LogP contribution in [-0.2, 0) is 65.4 Å². The zero-order chi connectivity index (χ0) is 69.8. The van der Waals surface area contributed by atoms with Gasteiger partial charge in [0.15, 0.2) is 12.2 Å². The van der Waals surface area contributed by atoms with Gasteiger partial charge in [0, 0.05) is 25.7 Å². The van der Waals surface area contributed by atoms with Crippen LogP contribution in [0.1, 0.15) is 401 Å². The minimum atomic E-state index is -4.96. The normalized spacial score (nSPS) is 14.2. The highest BCUT2D eigenvalue weighted by molar-refractivity contribution is 7.47. The third-order valence-electron chi connectivity index (χ3n) is 18.1. The monoisotopic (exact) mass is 1400 g/mol. The van der Waals surface area contributed by atoms with E-state index >= 15 is 0 Å². The van der Waals surface area contributed by atoms with Crippen molar-refractivity contribution in [2.24, 2.45) is 5.92 Å². The fourth-order valence-corrected chi connectivity index (χ4v) is 13.3. The molecule has 0 amide bonds. The number of esters is 4. The summed E-state index contributed by atoms with van der Waals surface area (Å²) in [7, 11) is -9.90. The summed E-state index contributed by atoms with van der Waals surface area (Å²) >= 11 is 0. The molecule has 0 bridgehead atoms. The quantitative estimate of drug-likeness (QED) is 0.0222. The van der Waals surface area contributed by atoms with Crippen LogP contribution >= 0.6 is 15.6 Å². The molecule has 564 valence electrons. The minimum Gasteiger partial charge on any atom is -0.462 e. The minimum absolute atomic E-state index is 0.105. The Labute approximate surface area is 581 Å². The molecule has 6 atom stereocenters. The molecule has 0 aliphatic carbocycles. The molecule has 0 heterocycles. The molecule has 0 saturated carbocycles. The lowest BCUT2D eigenvalue weighted by Gasteiger charge is -2.21. The van der Waals surface area contributed by atoms with E-state index < -0.39 is 97.5 Å². The highest BCUT2D eigenvalue weighted by Crippen LogP contribution is 2.45. The molecule has 19 heteroatoms. The van der Waals surface area contributed by atoms with Crippen molar-refractivity contribution in [2.45, 2.75) is 419 Å². The summed E-state index contributed by atoms with van der Waals surface area (Å²) in [6.45, 7) is 7.25. The van der Waals surface area contributed by atoms with Gasteiger partial charge in [-0.15, -0.1) is 0 Å². The highest BCUT2D eigenvalue weighted by Gasteiger charge is 2.30. The highest BCUT2D eigenvalue weighted by atomic mass is 31.2. The Balaban J connectivity index is 5.18. The third-order valence-corrected chi connectivity index (χ3v) is 20.0. The van der Waals surface area contributed by atoms with Crippen molar-refractivity contribution >= 4 is 39.5 Å². The molecule has 0 aromatic carbocycles. The van der Waals surface area contributed by atoms with Crippen molar-refractivity contribution in [1.82, 2.24) is 0 Å². The van der Waals surface area contributed by atoms with E-state index in [4.69, 9.17) is 37.0 Å². The van der Waals surface area contributed by atoms with Crippen LogP contribution in [-0.4, -0.2) is 96.7 Å². The summed E-state index contributed by atoms with van der Waals surface area (Å²) in [4.78, 5) is 72.7. The molecular formula is C76H148O17P2. The van der Waals surface area contributed by atoms with Crippen molar-refractivity contribution in [3.63, 3.8) is 0 Å². The number of hydrogen-bond acceptors (Lipinski definition) is 15. The lowest BCUT2D eigenvalue weighted by Crippen LogP contribution is -2.30. The number of unbranched alkanes of at least 4 members (excludes halogenated alkanes) is 47. The first-order valence-electron chi connectivity index (χ1n) is 39.7. The number of aliphatic hydroxyl groups excluding tert-OH is 1. The van der Waals surface area contributed by atoms with E-state index in [1.165, 1.54) is 212 Å². The molecule has 0 aromatic heterocycles. The molecule has 3 N–H and O–H groups in total. The largest absolute Gasteiger partial charge is 0.472 e. The van der Waals surface area contributed by atoms with Crippen molar-refractivity contribution < 1.29 is 80.2 Å². The van der Waals surface area contributed by atoms with Crippen LogP contribution in [0.2, 0.25) is 0 Å². The second-order valence-electron chi connectivity index (χ2n) is 27.6. The second-order valence-corrected chi connectivity index (χ2v) is 30.5. The molecule has 3 unspecified atom stereocenters. The summed E-state index contributed by atoms with van der Waals surface area (Å²) in [6.07, 6.45) is 58.5. The summed E-state index contributed by atoms with van der Waals surface area (Å²) < 4.78 is 68.4. The van der Waals surface area contributed by atoms with Gasteiger partial charge in [-0.2, -0.15) is 0 Å². The molecule has 0 aliphatic rings. The standard InChI is InChI=1S/C76H148O17P2/c1-6-10-13-16-19-21-23-25-27-29-30-31-32-34-36-38-40-46-51-56-61-75(80)92-72(66-87-74(79)60-55-50-45-39-37-35-33-28-26-24-22-20-17-14-11-7-2)68-91-95(84,85)89-64-70(77)63-88-94(82,83)90-67-71(65-86-73(78)59-54-49-43-18-15-12-8-3)93-76(81)62-57-52-47-42-41-44-48-53-58-69(5)9-4/h69-72,77H,6-68H2,1-5H3,(H,82,83)(H,84,85)/t69?,70-,71+,72+/m0/s1. The molecular weight excluding hydrogens is 1250 g/mol. The number of hydrogen-bond donors (Lipinski definition) is 3.